The van der Waals surface area contributed by atoms with Crippen molar-refractivity contribution in [1.82, 2.24) is 5.32 Å². The smallest absolute Gasteiger partial charge is 0.306 e. The molecule has 0 fully saturated rings. The summed E-state index contributed by atoms with van der Waals surface area (Å²) >= 11 is 0. The van der Waals surface area contributed by atoms with Gasteiger partial charge >= 0.3 is 5.97 Å². The number of ether oxygens (including phenoxy) is 2. The van der Waals surface area contributed by atoms with Gasteiger partial charge in [-0.3, -0.25) is 14.4 Å². The summed E-state index contributed by atoms with van der Waals surface area (Å²) in [4.78, 5) is 44.7. The van der Waals surface area contributed by atoms with Crippen LogP contribution in [-0.2, 0) is 30.4 Å². The third-order valence-corrected chi connectivity index (χ3v) is 4.24. The molecule has 1 atom stereocenters. The monoisotopic (exact) mass is 407 g/mol. The first kappa shape index (κ1) is 24.5. The highest BCUT2D eigenvalue weighted by atomic mass is 16.5. The first-order valence-electron chi connectivity index (χ1n) is 9.64. The van der Waals surface area contributed by atoms with Gasteiger partial charge in [-0.1, -0.05) is 31.2 Å². The SMILES string of the molecule is C[C@@H](CCC(=O)NCc1ccc(C(=O)CCCOCCOCC=O)cc1)C(=O)O. The van der Waals surface area contributed by atoms with Gasteiger partial charge in [0.25, 0.3) is 0 Å². The minimum absolute atomic E-state index is 0.0176. The molecule has 8 heteroatoms. The lowest BCUT2D eigenvalue weighted by Crippen LogP contribution is -2.24. The summed E-state index contributed by atoms with van der Waals surface area (Å²) in [5, 5.41) is 11.6. The second kappa shape index (κ2) is 14.4. The number of rotatable bonds is 16. The zero-order chi connectivity index (χ0) is 21.5. The van der Waals surface area contributed by atoms with Crippen LogP contribution < -0.4 is 5.32 Å². The van der Waals surface area contributed by atoms with E-state index in [1.165, 1.54) is 0 Å². The molecule has 0 aliphatic carbocycles. The van der Waals surface area contributed by atoms with Crippen molar-refractivity contribution >= 4 is 23.9 Å². The predicted octanol–water partition coefficient (Wildman–Crippen LogP) is 2.00. The molecule has 1 amide bonds. The quantitative estimate of drug-likeness (QED) is 0.244. The van der Waals surface area contributed by atoms with Crippen LogP contribution in [0.4, 0.5) is 0 Å². The van der Waals surface area contributed by atoms with E-state index in [1.54, 1.807) is 31.2 Å². The number of carbonyl (C=O) groups excluding carboxylic acids is 3. The van der Waals surface area contributed by atoms with E-state index in [9.17, 15) is 19.2 Å². The first-order chi connectivity index (χ1) is 13.9. The molecular weight excluding hydrogens is 378 g/mol. The maximum Gasteiger partial charge on any atom is 0.306 e. The summed E-state index contributed by atoms with van der Waals surface area (Å²) < 4.78 is 10.3. The van der Waals surface area contributed by atoms with Crippen LogP contribution in [0, 0.1) is 5.92 Å². The standard InChI is InChI=1S/C21H29NO7/c1-16(21(26)27)4-9-20(25)22-15-17-5-7-18(8-6-17)19(24)3-2-11-28-13-14-29-12-10-23/h5-8,10,16H,2-4,9,11-15H2,1H3,(H,22,25)(H,26,27)/t16-/m0/s1. The molecule has 0 aliphatic heterocycles. The Bertz CT molecular complexity index is 657. The van der Waals surface area contributed by atoms with E-state index in [1.807, 2.05) is 0 Å². The van der Waals surface area contributed by atoms with Crippen LogP contribution in [0.25, 0.3) is 0 Å². The Morgan fingerprint density at radius 3 is 2.41 bits per heavy atom. The Balaban J connectivity index is 2.23. The second-order valence-corrected chi connectivity index (χ2v) is 6.63. The fourth-order valence-electron chi connectivity index (χ4n) is 2.40. The van der Waals surface area contributed by atoms with Crippen molar-refractivity contribution in [2.24, 2.45) is 5.92 Å². The zero-order valence-electron chi connectivity index (χ0n) is 16.7. The van der Waals surface area contributed by atoms with Gasteiger partial charge in [0.1, 0.15) is 12.9 Å². The number of hydrogen-bond donors (Lipinski definition) is 2. The summed E-state index contributed by atoms with van der Waals surface area (Å²) in [7, 11) is 0. The van der Waals surface area contributed by atoms with Crippen molar-refractivity contribution in [3.63, 3.8) is 0 Å². The average Bonchev–Trinajstić information content (AvgIpc) is 2.72. The van der Waals surface area contributed by atoms with E-state index < -0.39 is 11.9 Å². The molecule has 0 aliphatic rings. The average molecular weight is 407 g/mol. The maximum absolute atomic E-state index is 12.2. The highest BCUT2D eigenvalue weighted by Gasteiger charge is 2.13. The summed E-state index contributed by atoms with van der Waals surface area (Å²) in [6.45, 7) is 3.14. The highest BCUT2D eigenvalue weighted by Crippen LogP contribution is 2.09. The molecule has 0 spiro atoms. The number of Topliss-reactive ketones (excluding diaryl/α,β-unsaturated/α-hetero) is 1. The van der Waals surface area contributed by atoms with Gasteiger partial charge in [0, 0.05) is 31.6 Å². The van der Waals surface area contributed by atoms with E-state index in [0.717, 1.165) is 5.56 Å². The van der Waals surface area contributed by atoms with Gasteiger partial charge in [0.2, 0.25) is 5.91 Å². The Morgan fingerprint density at radius 2 is 1.76 bits per heavy atom. The van der Waals surface area contributed by atoms with Crippen molar-refractivity contribution in [3.05, 3.63) is 35.4 Å². The predicted molar refractivity (Wildman–Crippen MR) is 106 cm³/mol. The normalized spacial score (nSPS) is 11.6. The lowest BCUT2D eigenvalue weighted by Gasteiger charge is -2.08. The van der Waals surface area contributed by atoms with Gasteiger partial charge in [-0.2, -0.15) is 0 Å². The van der Waals surface area contributed by atoms with Gasteiger partial charge in [0.05, 0.1) is 19.1 Å². The molecule has 0 radical (unpaired) electrons. The van der Waals surface area contributed by atoms with E-state index in [0.29, 0.717) is 57.5 Å². The number of carboxylic acids is 1. The van der Waals surface area contributed by atoms with Gasteiger partial charge < -0.3 is 24.7 Å². The fraction of sp³-hybridized carbons (Fsp3) is 0.524. The summed E-state index contributed by atoms with van der Waals surface area (Å²) in [5.41, 5.74) is 1.46. The molecule has 1 rings (SSSR count). The maximum atomic E-state index is 12.2. The summed E-state index contributed by atoms with van der Waals surface area (Å²) in [6, 6.07) is 7.03. The van der Waals surface area contributed by atoms with Crippen LogP contribution in [0.3, 0.4) is 0 Å². The van der Waals surface area contributed by atoms with Crippen LogP contribution in [0.15, 0.2) is 24.3 Å². The first-order valence-corrected chi connectivity index (χ1v) is 9.64. The Labute approximate surface area is 170 Å². The molecule has 0 unspecified atom stereocenters. The van der Waals surface area contributed by atoms with Gasteiger partial charge in [-0.05, 0) is 18.4 Å². The fourth-order valence-corrected chi connectivity index (χ4v) is 2.40. The molecule has 0 bridgehead atoms. The van der Waals surface area contributed by atoms with Gasteiger partial charge in [-0.15, -0.1) is 0 Å². The Kier molecular flexibility index (Phi) is 12.2. The van der Waals surface area contributed by atoms with Crippen molar-refractivity contribution in [3.8, 4) is 0 Å². The van der Waals surface area contributed by atoms with E-state index in [4.69, 9.17) is 14.6 Å². The van der Waals surface area contributed by atoms with Crippen molar-refractivity contribution in [2.75, 3.05) is 26.4 Å². The number of hydrogen-bond acceptors (Lipinski definition) is 6. The van der Waals surface area contributed by atoms with Crippen molar-refractivity contribution < 1.29 is 33.8 Å². The number of benzene rings is 1. The number of carbonyl (C=O) groups is 4. The molecule has 0 heterocycles. The number of nitrogens with one attached hydrogen (secondary N) is 1. The summed E-state index contributed by atoms with van der Waals surface area (Å²) in [6.07, 6.45) is 2.10. The zero-order valence-corrected chi connectivity index (χ0v) is 16.7. The van der Waals surface area contributed by atoms with Crippen LogP contribution in [0.1, 0.15) is 48.5 Å². The molecule has 1 aromatic carbocycles. The number of aliphatic carboxylic acids is 1. The van der Waals surface area contributed by atoms with Gasteiger partial charge in [-0.25, -0.2) is 0 Å². The number of ketones is 1. The topological polar surface area (TPSA) is 119 Å². The number of amides is 1. The molecule has 29 heavy (non-hydrogen) atoms. The highest BCUT2D eigenvalue weighted by molar-refractivity contribution is 5.96. The van der Waals surface area contributed by atoms with E-state index in [2.05, 4.69) is 5.32 Å². The lowest BCUT2D eigenvalue weighted by atomic mass is 10.0. The molecular formula is C21H29NO7. The minimum atomic E-state index is -0.909. The summed E-state index contributed by atoms with van der Waals surface area (Å²) in [5.74, 6) is -1.64. The number of aldehydes is 1. The Morgan fingerprint density at radius 1 is 1.07 bits per heavy atom. The molecule has 0 saturated carbocycles. The molecule has 0 saturated heterocycles. The third-order valence-electron chi connectivity index (χ3n) is 4.24. The second-order valence-electron chi connectivity index (χ2n) is 6.63. The van der Waals surface area contributed by atoms with E-state index in [-0.39, 0.29) is 24.7 Å². The van der Waals surface area contributed by atoms with Crippen LogP contribution in [0.5, 0.6) is 0 Å². The largest absolute Gasteiger partial charge is 0.481 e. The van der Waals surface area contributed by atoms with Crippen molar-refractivity contribution in [1.29, 1.82) is 0 Å². The number of carboxylic acid groups (broad SMARTS) is 1. The van der Waals surface area contributed by atoms with Crippen LogP contribution in [0.2, 0.25) is 0 Å². The van der Waals surface area contributed by atoms with Crippen LogP contribution in [-0.4, -0.2) is 55.5 Å². The third kappa shape index (κ3) is 11.1. The Hall–Kier alpha value is -2.58. The minimum Gasteiger partial charge on any atom is -0.481 e. The van der Waals surface area contributed by atoms with Crippen LogP contribution >= 0.6 is 0 Å². The molecule has 2 N–H and O–H groups in total. The van der Waals surface area contributed by atoms with E-state index >= 15 is 0 Å². The molecule has 1 aromatic rings. The molecule has 0 aromatic heterocycles. The molecule has 160 valence electrons. The molecule has 8 nitrogen and oxygen atoms in total. The van der Waals surface area contributed by atoms with Gasteiger partial charge in [0.15, 0.2) is 5.78 Å². The van der Waals surface area contributed by atoms with Crippen molar-refractivity contribution in [2.45, 2.75) is 39.2 Å². The lowest BCUT2D eigenvalue weighted by molar-refractivity contribution is -0.141.